The van der Waals surface area contributed by atoms with Gasteiger partial charge in [-0.15, -0.1) is 0 Å². The number of aliphatic hydroxyl groups excluding tert-OH is 1. The fraction of sp³-hybridized carbons (Fsp3) is 0.270. The molecule has 12 heteroatoms. The van der Waals surface area contributed by atoms with E-state index in [-0.39, 0.29) is 54.1 Å². The minimum absolute atomic E-state index is 0.00636. The Labute approximate surface area is 282 Å². The predicted molar refractivity (Wildman–Crippen MR) is 181 cm³/mol. The number of fused-ring (bicyclic) bond motifs is 2. The number of amides is 2. The van der Waals surface area contributed by atoms with E-state index in [4.69, 9.17) is 4.74 Å². The van der Waals surface area contributed by atoms with E-state index in [0.29, 0.717) is 29.9 Å². The largest absolute Gasteiger partial charge is 0.491 e. The number of benzene rings is 3. The summed E-state index contributed by atoms with van der Waals surface area (Å²) in [7, 11) is 1.41. The van der Waals surface area contributed by atoms with Gasteiger partial charge in [-0.05, 0) is 53.4 Å². The Morgan fingerprint density at radius 3 is 2.59 bits per heavy atom. The van der Waals surface area contributed by atoms with Crippen molar-refractivity contribution in [2.45, 2.75) is 44.5 Å². The number of aliphatic hydroxyl groups is 2. The van der Waals surface area contributed by atoms with E-state index in [1.807, 2.05) is 24.3 Å². The van der Waals surface area contributed by atoms with E-state index in [9.17, 15) is 34.7 Å². The third-order valence-electron chi connectivity index (χ3n) is 9.39. The van der Waals surface area contributed by atoms with Gasteiger partial charge in [0.15, 0.2) is 11.4 Å². The van der Waals surface area contributed by atoms with Crippen molar-refractivity contribution in [3.63, 3.8) is 0 Å². The fourth-order valence-electron chi connectivity index (χ4n) is 6.70. The van der Waals surface area contributed by atoms with Crippen molar-refractivity contribution >= 4 is 23.2 Å². The molecule has 252 valence electrons. The molecule has 12 nitrogen and oxygen atoms in total. The number of hydrogen-bond donors (Lipinski definition) is 2. The third-order valence-corrected chi connectivity index (χ3v) is 9.39. The SMILES string of the molecule is COc1cccn(-c2cccc(CN3C(=O)[C@](O)([C@H](C)/C=C/CC(=O)N4Cc5ccccc5C[C@H]4CO)c4cc([N+](=O)[O-])ccc43)c2)c1=O. The molecule has 6 rings (SSSR count). The number of nitrogens with zero attached hydrogens (tertiary/aromatic N) is 4. The molecule has 0 bridgehead atoms. The van der Waals surface area contributed by atoms with Gasteiger partial charge in [0.2, 0.25) is 5.91 Å². The van der Waals surface area contributed by atoms with Gasteiger partial charge in [-0.2, -0.15) is 0 Å². The highest BCUT2D eigenvalue weighted by atomic mass is 16.6. The second-order valence-corrected chi connectivity index (χ2v) is 12.3. The summed E-state index contributed by atoms with van der Waals surface area (Å²) in [5, 5.41) is 33.8. The van der Waals surface area contributed by atoms with Crippen molar-refractivity contribution in [1.82, 2.24) is 9.47 Å². The van der Waals surface area contributed by atoms with Crippen molar-refractivity contribution in [3.05, 3.63) is 140 Å². The summed E-state index contributed by atoms with van der Waals surface area (Å²) >= 11 is 0. The number of nitro benzene ring substituents is 1. The first-order valence-corrected chi connectivity index (χ1v) is 15.9. The first-order valence-electron chi connectivity index (χ1n) is 15.9. The summed E-state index contributed by atoms with van der Waals surface area (Å²) in [5.41, 5.74) is 0.885. The van der Waals surface area contributed by atoms with Crippen LogP contribution in [0.5, 0.6) is 5.75 Å². The molecule has 2 aliphatic heterocycles. The molecular formula is C37H36N4O8. The lowest BCUT2D eigenvalue weighted by atomic mass is 9.82. The van der Waals surface area contributed by atoms with Crippen LogP contribution >= 0.6 is 0 Å². The van der Waals surface area contributed by atoms with Gasteiger partial charge in [-0.3, -0.25) is 29.1 Å². The molecule has 0 aliphatic carbocycles. The zero-order valence-corrected chi connectivity index (χ0v) is 27.1. The maximum atomic E-state index is 14.1. The van der Waals surface area contributed by atoms with Crippen LogP contribution < -0.4 is 15.2 Å². The highest BCUT2D eigenvalue weighted by Gasteiger charge is 2.53. The lowest BCUT2D eigenvalue weighted by molar-refractivity contribution is -0.385. The predicted octanol–water partition coefficient (Wildman–Crippen LogP) is 4.02. The number of rotatable bonds is 10. The number of anilines is 1. The number of non-ortho nitro benzene ring substituents is 1. The van der Waals surface area contributed by atoms with Crippen LogP contribution in [0.3, 0.4) is 0 Å². The van der Waals surface area contributed by atoms with Crippen molar-refractivity contribution < 1.29 is 29.5 Å². The number of ether oxygens (including phenoxy) is 1. The Morgan fingerprint density at radius 2 is 1.86 bits per heavy atom. The fourth-order valence-corrected chi connectivity index (χ4v) is 6.70. The summed E-state index contributed by atoms with van der Waals surface area (Å²) in [6.07, 6.45) is 5.27. The van der Waals surface area contributed by atoms with Crippen LogP contribution in [0.4, 0.5) is 11.4 Å². The average Bonchev–Trinajstić information content (AvgIpc) is 3.33. The minimum Gasteiger partial charge on any atom is -0.491 e. The van der Waals surface area contributed by atoms with Gasteiger partial charge in [0, 0.05) is 48.5 Å². The van der Waals surface area contributed by atoms with E-state index < -0.39 is 22.3 Å². The normalized spacial score (nSPS) is 19.1. The van der Waals surface area contributed by atoms with Crippen LogP contribution in [-0.2, 0) is 34.7 Å². The summed E-state index contributed by atoms with van der Waals surface area (Å²) in [6, 6.07) is 21.6. The Kier molecular flexibility index (Phi) is 9.18. The molecule has 0 fully saturated rings. The number of carbonyl (C=O) groups excluding carboxylic acids is 2. The van der Waals surface area contributed by atoms with Crippen molar-refractivity contribution in [2.75, 3.05) is 18.6 Å². The number of pyridine rings is 1. The maximum Gasteiger partial charge on any atom is 0.297 e. The number of aromatic nitrogens is 1. The Bertz CT molecular complexity index is 2020. The quantitative estimate of drug-likeness (QED) is 0.146. The van der Waals surface area contributed by atoms with Gasteiger partial charge < -0.3 is 24.7 Å². The molecule has 3 aromatic carbocycles. The number of methoxy groups -OCH3 is 1. The first-order chi connectivity index (χ1) is 23.6. The number of nitro groups is 1. The summed E-state index contributed by atoms with van der Waals surface area (Å²) < 4.78 is 6.58. The zero-order chi connectivity index (χ0) is 34.9. The second kappa shape index (κ2) is 13.5. The zero-order valence-electron chi connectivity index (χ0n) is 27.1. The molecule has 0 spiro atoms. The van der Waals surface area contributed by atoms with Gasteiger partial charge in [0.25, 0.3) is 17.2 Å². The van der Waals surface area contributed by atoms with Crippen LogP contribution in [-0.4, -0.2) is 56.2 Å². The van der Waals surface area contributed by atoms with E-state index in [1.165, 1.54) is 34.8 Å². The summed E-state index contributed by atoms with van der Waals surface area (Å²) in [4.78, 5) is 54.5. The summed E-state index contributed by atoms with van der Waals surface area (Å²) in [6.45, 7) is 1.81. The first kappa shape index (κ1) is 33.3. The van der Waals surface area contributed by atoms with Crippen LogP contribution in [0.15, 0.2) is 102 Å². The molecule has 0 saturated carbocycles. The highest BCUT2D eigenvalue weighted by Crippen LogP contribution is 2.47. The molecule has 3 heterocycles. The lowest BCUT2D eigenvalue weighted by Crippen LogP contribution is -2.46. The van der Waals surface area contributed by atoms with Gasteiger partial charge >= 0.3 is 0 Å². The van der Waals surface area contributed by atoms with Crippen LogP contribution in [0.2, 0.25) is 0 Å². The molecule has 2 amide bonds. The van der Waals surface area contributed by atoms with Crippen molar-refractivity contribution in [3.8, 4) is 11.4 Å². The molecule has 0 saturated heterocycles. The van der Waals surface area contributed by atoms with E-state index in [0.717, 1.165) is 11.1 Å². The topological polar surface area (TPSA) is 155 Å². The van der Waals surface area contributed by atoms with Gasteiger partial charge in [0.1, 0.15) is 0 Å². The number of hydrogen-bond acceptors (Lipinski definition) is 8. The number of carbonyl (C=O) groups is 2. The molecule has 2 aliphatic rings. The Morgan fingerprint density at radius 1 is 1.08 bits per heavy atom. The molecule has 0 radical (unpaired) electrons. The van der Waals surface area contributed by atoms with E-state index in [1.54, 1.807) is 66.6 Å². The van der Waals surface area contributed by atoms with Crippen LogP contribution in [0.1, 0.15) is 35.6 Å². The van der Waals surface area contributed by atoms with Gasteiger partial charge in [-0.1, -0.05) is 55.5 Å². The Hall–Kier alpha value is -5.59. The molecular weight excluding hydrogens is 628 g/mol. The van der Waals surface area contributed by atoms with Crippen molar-refractivity contribution in [1.29, 1.82) is 0 Å². The minimum atomic E-state index is -2.17. The van der Waals surface area contributed by atoms with Crippen molar-refractivity contribution in [2.24, 2.45) is 5.92 Å². The van der Waals surface area contributed by atoms with Gasteiger partial charge in [-0.25, -0.2) is 0 Å². The van der Waals surface area contributed by atoms with Gasteiger partial charge in [0.05, 0.1) is 36.9 Å². The molecule has 0 unspecified atom stereocenters. The monoisotopic (exact) mass is 664 g/mol. The van der Waals surface area contributed by atoms with E-state index >= 15 is 0 Å². The lowest BCUT2D eigenvalue weighted by Gasteiger charge is -2.36. The molecule has 1 aromatic heterocycles. The smallest absolute Gasteiger partial charge is 0.297 e. The highest BCUT2D eigenvalue weighted by molar-refractivity contribution is 6.07. The van der Waals surface area contributed by atoms with E-state index in [2.05, 4.69) is 0 Å². The second-order valence-electron chi connectivity index (χ2n) is 12.3. The molecule has 2 N–H and O–H groups in total. The maximum absolute atomic E-state index is 14.1. The molecule has 49 heavy (non-hydrogen) atoms. The third kappa shape index (κ3) is 6.12. The Balaban J connectivity index is 1.26. The summed E-state index contributed by atoms with van der Waals surface area (Å²) in [5.74, 6) is -1.60. The van der Waals surface area contributed by atoms with Crippen LogP contribution in [0, 0.1) is 16.0 Å². The average molecular weight is 665 g/mol. The molecule has 4 aromatic rings. The van der Waals surface area contributed by atoms with Crippen LogP contribution in [0.25, 0.3) is 5.69 Å². The standard InChI is InChI=1S/C37H36N4O8/c1-24(8-5-14-34(43)39-22-27-11-4-3-10-26(27)19-30(39)23-42)37(46)31-20-29(41(47)48)15-16-32(31)40(36(37)45)21-25-9-6-12-28(18-25)38-17-7-13-33(49-2)35(38)44/h3-13,15-18,20,24,30,42,46H,14,19,21-23H2,1-2H3/b8-5+/t24-,30+,37+/m1/s1. The molecule has 3 atom stereocenters.